The van der Waals surface area contributed by atoms with Gasteiger partial charge in [0.25, 0.3) is 0 Å². The number of morpholine rings is 1. The molecule has 8 nitrogen and oxygen atoms in total. The van der Waals surface area contributed by atoms with Crippen LogP contribution < -0.4 is 15.5 Å². The Kier molecular flexibility index (Phi) is 4.65. The van der Waals surface area contributed by atoms with E-state index in [1.807, 2.05) is 4.90 Å². The summed E-state index contributed by atoms with van der Waals surface area (Å²) >= 11 is 0. The fourth-order valence-electron chi connectivity index (χ4n) is 3.04. The van der Waals surface area contributed by atoms with Crippen LogP contribution in [0.4, 0.5) is 35.3 Å². The normalized spacial score (nSPS) is 18.3. The van der Waals surface area contributed by atoms with E-state index in [1.54, 1.807) is 4.90 Å². The smallest absolute Gasteiger partial charge is 0.378 e. The van der Waals surface area contributed by atoms with Gasteiger partial charge >= 0.3 is 6.18 Å². The van der Waals surface area contributed by atoms with Gasteiger partial charge in [0.2, 0.25) is 11.9 Å². The number of alkyl halides is 4. The Labute approximate surface area is 157 Å². The van der Waals surface area contributed by atoms with Crippen molar-refractivity contribution in [2.45, 2.75) is 12.3 Å². The second-order valence-electron chi connectivity index (χ2n) is 6.50. The molecule has 4 rings (SSSR count). The Bertz CT molecular complexity index is 867. The third kappa shape index (κ3) is 3.63. The Morgan fingerprint density at radius 1 is 1.07 bits per heavy atom. The second-order valence-corrected chi connectivity index (χ2v) is 6.50. The Hall–Kier alpha value is -2.76. The summed E-state index contributed by atoms with van der Waals surface area (Å²) < 4.78 is 59.0. The maximum Gasteiger partial charge on any atom is 0.434 e. The van der Waals surface area contributed by atoms with E-state index in [4.69, 9.17) is 10.5 Å². The molecule has 2 aromatic heterocycles. The van der Waals surface area contributed by atoms with E-state index in [-0.39, 0.29) is 30.3 Å². The van der Waals surface area contributed by atoms with Gasteiger partial charge in [-0.3, -0.25) is 0 Å². The van der Waals surface area contributed by atoms with Crippen molar-refractivity contribution < 1.29 is 22.3 Å². The molecular weight excluding hydrogens is 382 g/mol. The predicted molar refractivity (Wildman–Crippen MR) is 92.6 cm³/mol. The van der Waals surface area contributed by atoms with Crippen LogP contribution in [0.2, 0.25) is 0 Å². The van der Waals surface area contributed by atoms with Crippen LogP contribution in [0.25, 0.3) is 11.3 Å². The highest BCUT2D eigenvalue weighted by Crippen LogP contribution is 2.37. The fourth-order valence-corrected chi connectivity index (χ4v) is 3.04. The molecule has 2 N–H and O–H groups in total. The van der Waals surface area contributed by atoms with E-state index in [2.05, 4.69) is 19.9 Å². The molecule has 4 heterocycles. The number of hydrogen-bond acceptors (Lipinski definition) is 8. The quantitative estimate of drug-likeness (QED) is 0.777. The van der Waals surface area contributed by atoms with Crippen LogP contribution in [0.15, 0.2) is 12.3 Å². The number of rotatable bonds is 3. The molecule has 28 heavy (non-hydrogen) atoms. The number of ether oxygens (including phenoxy) is 1. The van der Waals surface area contributed by atoms with Gasteiger partial charge in [0.05, 0.1) is 32.0 Å². The van der Waals surface area contributed by atoms with Crippen molar-refractivity contribution in [3.8, 4) is 11.3 Å². The highest BCUT2D eigenvalue weighted by atomic mass is 19.4. The standard InChI is InChI=1S/C16H17F4N7O/c17-9-7-27(8-9)12-5-11(23-15(24-12)26-1-3-28-4-2-26)10-6-22-14(21)25-13(10)16(18,19)20/h5-6,9H,1-4,7-8H2,(H2,21,22,25). The van der Waals surface area contributed by atoms with E-state index in [9.17, 15) is 17.6 Å². The van der Waals surface area contributed by atoms with Crippen LogP contribution >= 0.6 is 0 Å². The minimum atomic E-state index is -4.74. The van der Waals surface area contributed by atoms with Crippen molar-refractivity contribution in [2.75, 3.05) is 54.9 Å². The van der Waals surface area contributed by atoms with Crippen molar-refractivity contribution in [1.29, 1.82) is 0 Å². The van der Waals surface area contributed by atoms with Gasteiger partial charge in [-0.1, -0.05) is 0 Å². The van der Waals surface area contributed by atoms with E-state index < -0.39 is 24.0 Å². The number of hydrogen-bond donors (Lipinski definition) is 1. The minimum Gasteiger partial charge on any atom is -0.378 e. The van der Waals surface area contributed by atoms with Crippen LogP contribution in [-0.4, -0.2) is 65.5 Å². The zero-order chi connectivity index (χ0) is 19.9. The molecule has 0 amide bonds. The second kappa shape index (κ2) is 7.00. The first-order chi connectivity index (χ1) is 13.3. The molecule has 2 saturated heterocycles. The van der Waals surface area contributed by atoms with Crippen LogP contribution in [0.1, 0.15) is 5.69 Å². The molecule has 0 atom stereocenters. The van der Waals surface area contributed by atoms with Gasteiger partial charge in [0.15, 0.2) is 5.69 Å². The third-order valence-corrected chi connectivity index (χ3v) is 4.51. The molecule has 2 aliphatic heterocycles. The first-order valence-electron chi connectivity index (χ1n) is 8.62. The summed E-state index contributed by atoms with van der Waals surface area (Å²) in [5.74, 6) is 0.121. The Morgan fingerprint density at radius 2 is 1.79 bits per heavy atom. The highest BCUT2D eigenvalue weighted by Gasteiger charge is 2.37. The average Bonchev–Trinajstić information content (AvgIpc) is 2.65. The molecule has 12 heteroatoms. The number of aromatic nitrogens is 4. The SMILES string of the molecule is Nc1ncc(-c2cc(N3CC(F)C3)nc(N3CCOCC3)n2)c(C(F)(F)F)n1. The zero-order valence-electron chi connectivity index (χ0n) is 14.7. The minimum absolute atomic E-state index is 0.00104. The van der Waals surface area contributed by atoms with Crippen LogP contribution in [0, 0.1) is 0 Å². The van der Waals surface area contributed by atoms with Crippen molar-refractivity contribution in [1.82, 2.24) is 19.9 Å². The van der Waals surface area contributed by atoms with Crippen LogP contribution in [0.5, 0.6) is 0 Å². The fraction of sp³-hybridized carbons (Fsp3) is 0.500. The summed E-state index contributed by atoms with van der Waals surface area (Å²) in [5.41, 5.74) is 3.86. The summed E-state index contributed by atoms with van der Waals surface area (Å²) in [6.07, 6.45) is -4.73. The third-order valence-electron chi connectivity index (χ3n) is 4.51. The first kappa shape index (κ1) is 18.6. The van der Waals surface area contributed by atoms with Gasteiger partial charge in [-0.05, 0) is 0 Å². The molecule has 0 radical (unpaired) electrons. The van der Waals surface area contributed by atoms with E-state index >= 15 is 0 Å². The van der Waals surface area contributed by atoms with Crippen LogP contribution in [-0.2, 0) is 10.9 Å². The first-order valence-corrected chi connectivity index (χ1v) is 8.62. The lowest BCUT2D eigenvalue weighted by Crippen LogP contribution is -2.49. The lowest BCUT2D eigenvalue weighted by molar-refractivity contribution is -0.140. The highest BCUT2D eigenvalue weighted by molar-refractivity contribution is 5.68. The number of nitrogen functional groups attached to an aromatic ring is 1. The summed E-state index contributed by atoms with van der Waals surface area (Å²) in [4.78, 5) is 19.2. The van der Waals surface area contributed by atoms with Crippen molar-refractivity contribution in [2.24, 2.45) is 0 Å². The monoisotopic (exact) mass is 399 g/mol. The maximum absolute atomic E-state index is 13.5. The summed E-state index contributed by atoms with van der Waals surface area (Å²) in [7, 11) is 0. The predicted octanol–water partition coefficient (Wildman–Crippen LogP) is 1.53. The van der Waals surface area contributed by atoms with Crippen molar-refractivity contribution >= 4 is 17.7 Å². The number of nitrogens with two attached hydrogens (primary N) is 1. The zero-order valence-corrected chi connectivity index (χ0v) is 14.7. The summed E-state index contributed by atoms with van der Waals surface area (Å²) in [6.45, 7) is 2.17. The summed E-state index contributed by atoms with van der Waals surface area (Å²) in [5, 5.41) is 0. The van der Waals surface area contributed by atoms with Crippen LogP contribution in [0.3, 0.4) is 0 Å². The molecule has 0 aliphatic carbocycles. The topological polar surface area (TPSA) is 93.3 Å². The largest absolute Gasteiger partial charge is 0.434 e. The van der Waals surface area contributed by atoms with Gasteiger partial charge in [0.1, 0.15) is 12.0 Å². The summed E-state index contributed by atoms with van der Waals surface area (Å²) in [6, 6.07) is 1.39. The molecule has 0 unspecified atom stereocenters. The molecule has 0 bridgehead atoms. The Balaban J connectivity index is 1.81. The average molecular weight is 399 g/mol. The van der Waals surface area contributed by atoms with Crippen molar-refractivity contribution in [3.63, 3.8) is 0 Å². The number of halogens is 4. The molecule has 150 valence electrons. The van der Waals surface area contributed by atoms with Gasteiger partial charge in [-0.2, -0.15) is 18.2 Å². The molecule has 2 fully saturated rings. The lowest BCUT2D eigenvalue weighted by Gasteiger charge is -2.36. The number of anilines is 3. The van der Waals surface area contributed by atoms with Crippen molar-refractivity contribution in [3.05, 3.63) is 18.0 Å². The van der Waals surface area contributed by atoms with Gasteiger partial charge in [-0.15, -0.1) is 0 Å². The Morgan fingerprint density at radius 3 is 2.43 bits per heavy atom. The van der Waals surface area contributed by atoms with Gasteiger partial charge in [-0.25, -0.2) is 19.3 Å². The van der Waals surface area contributed by atoms with E-state index in [1.165, 1.54) is 6.07 Å². The molecule has 2 aliphatic rings. The molecule has 2 aromatic rings. The maximum atomic E-state index is 13.5. The molecule has 0 spiro atoms. The number of nitrogens with zero attached hydrogens (tertiary/aromatic N) is 6. The molecule has 0 saturated carbocycles. The van der Waals surface area contributed by atoms with E-state index in [0.29, 0.717) is 32.1 Å². The van der Waals surface area contributed by atoms with Gasteiger partial charge < -0.3 is 20.3 Å². The van der Waals surface area contributed by atoms with E-state index in [0.717, 1.165) is 6.20 Å². The molecule has 0 aromatic carbocycles. The van der Waals surface area contributed by atoms with Gasteiger partial charge in [0, 0.05) is 30.9 Å². The molecular formula is C16H17F4N7O. The lowest BCUT2D eigenvalue weighted by atomic mass is 10.1.